The molecule has 1 aromatic rings. The fourth-order valence-corrected chi connectivity index (χ4v) is 2.32. The summed E-state index contributed by atoms with van der Waals surface area (Å²) in [4.78, 5) is 22.1. The molecule has 0 aliphatic rings. The Morgan fingerprint density at radius 1 is 1.40 bits per heavy atom. The Labute approximate surface area is 114 Å². The third-order valence-electron chi connectivity index (χ3n) is 2.46. The molecule has 0 spiro atoms. The second-order valence-electron chi connectivity index (χ2n) is 3.81. The number of hydrogen-bond donors (Lipinski definition) is 2. The van der Waals surface area contributed by atoms with E-state index in [0.29, 0.717) is 6.07 Å². The first-order valence-corrected chi connectivity index (χ1v) is 6.86. The van der Waals surface area contributed by atoms with Gasteiger partial charge in [-0.3, -0.25) is 9.52 Å². The summed E-state index contributed by atoms with van der Waals surface area (Å²) in [5, 5.41) is 7.33. The Hall–Kier alpha value is -2.16. The standard InChI is InChI=1S/C11H12FNO6S/c1-6(11(16)19-2)20(17,18)13-9-5-7(12)3-4-8(9)10(14)15/h3-6,13H,1-2H3,(H,14,15). The Balaban J connectivity index is 3.18. The smallest absolute Gasteiger partial charge is 0.337 e. The molecule has 0 aliphatic carbocycles. The van der Waals surface area contributed by atoms with Crippen LogP contribution in [0.15, 0.2) is 18.2 Å². The summed E-state index contributed by atoms with van der Waals surface area (Å²) in [6.07, 6.45) is 0. The van der Waals surface area contributed by atoms with Gasteiger partial charge < -0.3 is 9.84 Å². The third kappa shape index (κ3) is 3.44. The van der Waals surface area contributed by atoms with Gasteiger partial charge in [0, 0.05) is 0 Å². The lowest BCUT2D eigenvalue weighted by Crippen LogP contribution is -2.33. The molecule has 2 N–H and O–H groups in total. The zero-order valence-corrected chi connectivity index (χ0v) is 11.4. The summed E-state index contributed by atoms with van der Waals surface area (Å²) in [7, 11) is -3.24. The highest BCUT2D eigenvalue weighted by molar-refractivity contribution is 7.94. The molecule has 1 unspecified atom stereocenters. The first-order chi connectivity index (χ1) is 9.19. The van der Waals surface area contributed by atoms with Crippen LogP contribution in [0.25, 0.3) is 0 Å². The number of sulfonamides is 1. The van der Waals surface area contributed by atoms with Crippen molar-refractivity contribution in [2.24, 2.45) is 0 Å². The summed E-state index contributed by atoms with van der Waals surface area (Å²) in [5.74, 6) is -3.28. The molecule has 1 atom stereocenters. The van der Waals surface area contributed by atoms with Crippen molar-refractivity contribution in [3.05, 3.63) is 29.6 Å². The maximum atomic E-state index is 13.1. The number of rotatable bonds is 5. The topological polar surface area (TPSA) is 110 Å². The van der Waals surface area contributed by atoms with Crippen molar-refractivity contribution in [2.75, 3.05) is 11.8 Å². The highest BCUT2D eigenvalue weighted by Gasteiger charge is 2.30. The number of carboxylic acid groups (broad SMARTS) is 1. The average molecular weight is 305 g/mol. The zero-order valence-electron chi connectivity index (χ0n) is 10.6. The van der Waals surface area contributed by atoms with Crippen LogP contribution in [0.1, 0.15) is 17.3 Å². The van der Waals surface area contributed by atoms with Crippen molar-refractivity contribution < 1.29 is 32.2 Å². The van der Waals surface area contributed by atoms with Gasteiger partial charge in [0.1, 0.15) is 5.82 Å². The van der Waals surface area contributed by atoms with E-state index in [0.717, 1.165) is 26.2 Å². The number of halogens is 1. The van der Waals surface area contributed by atoms with Gasteiger partial charge in [0.2, 0.25) is 10.0 Å². The summed E-state index contributed by atoms with van der Waals surface area (Å²) in [5.41, 5.74) is -0.903. The van der Waals surface area contributed by atoms with Crippen molar-refractivity contribution in [1.29, 1.82) is 0 Å². The fraction of sp³-hybridized carbons (Fsp3) is 0.273. The molecule has 1 aromatic carbocycles. The number of carbonyl (C=O) groups is 2. The highest BCUT2D eigenvalue weighted by atomic mass is 32.2. The molecule has 0 radical (unpaired) electrons. The van der Waals surface area contributed by atoms with Gasteiger partial charge >= 0.3 is 11.9 Å². The van der Waals surface area contributed by atoms with Crippen molar-refractivity contribution in [2.45, 2.75) is 12.2 Å². The molecule has 0 heterocycles. The molecule has 0 aliphatic heterocycles. The minimum atomic E-state index is -4.25. The number of benzene rings is 1. The Bertz CT molecular complexity index is 642. The number of carboxylic acids is 1. The van der Waals surface area contributed by atoms with E-state index in [4.69, 9.17) is 5.11 Å². The van der Waals surface area contributed by atoms with Crippen LogP contribution in [0.3, 0.4) is 0 Å². The van der Waals surface area contributed by atoms with Gasteiger partial charge in [0.15, 0.2) is 5.25 Å². The van der Waals surface area contributed by atoms with E-state index in [1.807, 2.05) is 4.72 Å². The summed E-state index contributed by atoms with van der Waals surface area (Å²) < 4.78 is 43.0. The molecule has 20 heavy (non-hydrogen) atoms. The zero-order chi connectivity index (χ0) is 15.5. The van der Waals surface area contributed by atoms with Gasteiger partial charge in [0.05, 0.1) is 18.4 Å². The first-order valence-electron chi connectivity index (χ1n) is 5.31. The maximum absolute atomic E-state index is 13.1. The van der Waals surface area contributed by atoms with Gasteiger partial charge in [-0.25, -0.2) is 17.6 Å². The van der Waals surface area contributed by atoms with Crippen molar-refractivity contribution in [3.8, 4) is 0 Å². The van der Waals surface area contributed by atoms with E-state index in [2.05, 4.69) is 4.74 Å². The van der Waals surface area contributed by atoms with Crippen LogP contribution < -0.4 is 4.72 Å². The van der Waals surface area contributed by atoms with Crippen LogP contribution in [0.2, 0.25) is 0 Å². The van der Waals surface area contributed by atoms with Crippen LogP contribution in [0.5, 0.6) is 0 Å². The number of carbonyl (C=O) groups excluding carboxylic acids is 1. The lowest BCUT2D eigenvalue weighted by Gasteiger charge is -2.14. The molecule has 0 bridgehead atoms. The monoisotopic (exact) mass is 305 g/mol. The van der Waals surface area contributed by atoms with E-state index >= 15 is 0 Å². The number of nitrogens with one attached hydrogen (secondary N) is 1. The Morgan fingerprint density at radius 2 is 2.00 bits per heavy atom. The van der Waals surface area contributed by atoms with Crippen LogP contribution >= 0.6 is 0 Å². The molecule has 0 aromatic heterocycles. The van der Waals surface area contributed by atoms with E-state index in [-0.39, 0.29) is 0 Å². The van der Waals surface area contributed by atoms with Gasteiger partial charge in [-0.15, -0.1) is 0 Å². The average Bonchev–Trinajstić information content (AvgIpc) is 2.36. The third-order valence-corrected chi connectivity index (χ3v) is 4.09. The lowest BCUT2D eigenvalue weighted by molar-refractivity contribution is -0.139. The number of hydrogen-bond acceptors (Lipinski definition) is 5. The molecule has 0 fully saturated rings. The number of ether oxygens (including phenoxy) is 1. The molecule has 9 heteroatoms. The van der Waals surface area contributed by atoms with Crippen molar-refractivity contribution >= 4 is 27.6 Å². The van der Waals surface area contributed by atoms with Crippen molar-refractivity contribution in [3.63, 3.8) is 0 Å². The summed E-state index contributed by atoms with van der Waals surface area (Å²) in [6.45, 7) is 1.06. The van der Waals surface area contributed by atoms with Gasteiger partial charge in [-0.05, 0) is 25.1 Å². The molecule has 1 rings (SSSR count). The number of anilines is 1. The Morgan fingerprint density at radius 3 is 2.50 bits per heavy atom. The fourth-order valence-electron chi connectivity index (χ4n) is 1.32. The van der Waals surface area contributed by atoms with E-state index in [1.165, 1.54) is 0 Å². The highest BCUT2D eigenvalue weighted by Crippen LogP contribution is 2.20. The van der Waals surface area contributed by atoms with Crippen LogP contribution in [0, 0.1) is 5.82 Å². The lowest BCUT2D eigenvalue weighted by atomic mass is 10.2. The molecule has 110 valence electrons. The number of aromatic carboxylic acids is 1. The maximum Gasteiger partial charge on any atom is 0.337 e. The second-order valence-corrected chi connectivity index (χ2v) is 5.81. The molecule has 0 saturated carbocycles. The predicted octanol–water partition coefficient (Wildman–Crippen LogP) is 0.827. The van der Waals surface area contributed by atoms with E-state index < -0.39 is 44.3 Å². The number of esters is 1. The van der Waals surface area contributed by atoms with Crippen LogP contribution in [0.4, 0.5) is 10.1 Å². The minimum Gasteiger partial charge on any atom is -0.478 e. The predicted molar refractivity (Wildman–Crippen MR) is 67.4 cm³/mol. The normalized spacial score (nSPS) is 12.6. The van der Waals surface area contributed by atoms with Crippen LogP contribution in [-0.4, -0.2) is 37.8 Å². The van der Waals surface area contributed by atoms with Gasteiger partial charge in [0.25, 0.3) is 0 Å². The molecule has 0 saturated heterocycles. The van der Waals surface area contributed by atoms with E-state index in [1.54, 1.807) is 0 Å². The first kappa shape index (κ1) is 15.9. The van der Waals surface area contributed by atoms with Crippen molar-refractivity contribution in [1.82, 2.24) is 0 Å². The largest absolute Gasteiger partial charge is 0.478 e. The quantitative estimate of drug-likeness (QED) is 0.780. The van der Waals surface area contributed by atoms with Gasteiger partial charge in [-0.1, -0.05) is 0 Å². The van der Waals surface area contributed by atoms with Crippen LogP contribution in [-0.2, 0) is 19.6 Å². The molecular weight excluding hydrogens is 293 g/mol. The molecule has 0 amide bonds. The SMILES string of the molecule is COC(=O)C(C)S(=O)(=O)Nc1cc(F)ccc1C(=O)O. The Kier molecular flexibility index (Phi) is 4.66. The second kappa shape index (κ2) is 5.87. The molecular formula is C11H12FNO6S. The minimum absolute atomic E-state index is 0.438. The number of methoxy groups -OCH3 is 1. The van der Waals surface area contributed by atoms with E-state index in [9.17, 15) is 22.4 Å². The summed E-state index contributed by atoms with van der Waals surface area (Å²) >= 11 is 0. The van der Waals surface area contributed by atoms with Gasteiger partial charge in [-0.2, -0.15) is 0 Å². The molecule has 7 nitrogen and oxygen atoms in total. The summed E-state index contributed by atoms with van der Waals surface area (Å²) in [6, 6.07) is 2.51.